The van der Waals surface area contributed by atoms with E-state index in [1.54, 1.807) is 6.21 Å². The van der Waals surface area contributed by atoms with Gasteiger partial charge in [0, 0.05) is 0 Å². The summed E-state index contributed by atoms with van der Waals surface area (Å²) in [7, 11) is 0. The zero-order valence-electron chi connectivity index (χ0n) is 11.2. The number of anilines is 1. The van der Waals surface area contributed by atoms with Crippen LogP contribution in [0.2, 0.25) is 0 Å². The van der Waals surface area contributed by atoms with Gasteiger partial charge < -0.3 is 4.74 Å². The van der Waals surface area contributed by atoms with Gasteiger partial charge in [-0.05, 0) is 48.9 Å². The van der Waals surface area contributed by atoms with Crippen LogP contribution in [0.1, 0.15) is 11.1 Å². The van der Waals surface area contributed by atoms with Gasteiger partial charge in [-0.15, -0.1) is 0 Å². The maximum atomic E-state index is 8.42. The number of nitriles is 1. The number of ether oxygens (including phenoxy) is 1. The molecular formula is C16H15N3O. The molecule has 0 amide bonds. The molecule has 0 atom stereocenters. The molecule has 2 aromatic rings. The monoisotopic (exact) mass is 265 g/mol. The third kappa shape index (κ3) is 4.14. The van der Waals surface area contributed by atoms with E-state index in [9.17, 15) is 0 Å². The molecule has 100 valence electrons. The SMILES string of the molecule is Cc1ccc(N/N=C\c2ccc(OCC#N)cc2)cc1. The zero-order chi connectivity index (χ0) is 14.2. The van der Waals surface area contributed by atoms with Crippen LogP contribution < -0.4 is 10.2 Å². The van der Waals surface area contributed by atoms with Crippen molar-refractivity contribution in [2.75, 3.05) is 12.0 Å². The second kappa shape index (κ2) is 6.95. The Balaban J connectivity index is 1.91. The fraction of sp³-hybridized carbons (Fsp3) is 0.125. The second-order valence-corrected chi connectivity index (χ2v) is 4.25. The van der Waals surface area contributed by atoms with Crippen molar-refractivity contribution in [3.05, 3.63) is 59.7 Å². The maximum Gasteiger partial charge on any atom is 0.174 e. The predicted molar refractivity (Wildman–Crippen MR) is 79.9 cm³/mol. The molecule has 0 heterocycles. The third-order valence-corrected chi connectivity index (χ3v) is 2.64. The quantitative estimate of drug-likeness (QED) is 0.666. The van der Waals surface area contributed by atoms with E-state index in [-0.39, 0.29) is 6.61 Å². The summed E-state index contributed by atoms with van der Waals surface area (Å²) in [6, 6.07) is 17.3. The van der Waals surface area contributed by atoms with Crippen molar-refractivity contribution in [1.29, 1.82) is 5.26 Å². The first-order valence-electron chi connectivity index (χ1n) is 6.23. The summed E-state index contributed by atoms with van der Waals surface area (Å²) >= 11 is 0. The lowest BCUT2D eigenvalue weighted by Crippen LogP contribution is -1.94. The first-order chi connectivity index (χ1) is 9.78. The summed E-state index contributed by atoms with van der Waals surface area (Å²) in [6.07, 6.45) is 1.73. The molecule has 4 nitrogen and oxygen atoms in total. The highest BCUT2D eigenvalue weighted by Crippen LogP contribution is 2.11. The molecule has 0 bridgehead atoms. The van der Waals surface area contributed by atoms with Crippen molar-refractivity contribution in [2.24, 2.45) is 5.10 Å². The summed E-state index contributed by atoms with van der Waals surface area (Å²) < 4.78 is 5.17. The van der Waals surface area contributed by atoms with Crippen LogP contribution in [-0.2, 0) is 0 Å². The van der Waals surface area contributed by atoms with Crippen LogP contribution in [0.25, 0.3) is 0 Å². The van der Waals surface area contributed by atoms with Crippen LogP contribution in [0.5, 0.6) is 5.75 Å². The van der Waals surface area contributed by atoms with Gasteiger partial charge in [-0.3, -0.25) is 5.43 Å². The number of nitrogens with one attached hydrogen (secondary N) is 1. The minimum Gasteiger partial charge on any atom is -0.479 e. The Bertz CT molecular complexity index is 610. The van der Waals surface area contributed by atoms with E-state index in [1.807, 2.05) is 61.5 Å². The molecule has 0 aliphatic heterocycles. The maximum absolute atomic E-state index is 8.42. The van der Waals surface area contributed by atoms with E-state index in [1.165, 1.54) is 5.56 Å². The van der Waals surface area contributed by atoms with Gasteiger partial charge in [-0.2, -0.15) is 10.4 Å². The van der Waals surface area contributed by atoms with Crippen LogP contribution in [-0.4, -0.2) is 12.8 Å². The zero-order valence-corrected chi connectivity index (χ0v) is 11.2. The van der Waals surface area contributed by atoms with E-state index in [2.05, 4.69) is 10.5 Å². The van der Waals surface area contributed by atoms with Gasteiger partial charge in [0.05, 0.1) is 11.9 Å². The highest BCUT2D eigenvalue weighted by Gasteiger charge is 1.93. The molecule has 4 heteroatoms. The predicted octanol–water partition coefficient (Wildman–Crippen LogP) is 3.34. The molecule has 0 saturated carbocycles. The molecule has 0 spiro atoms. The van der Waals surface area contributed by atoms with Gasteiger partial charge in [-0.25, -0.2) is 0 Å². The lowest BCUT2D eigenvalue weighted by Gasteiger charge is -2.02. The van der Waals surface area contributed by atoms with Gasteiger partial charge in [0.1, 0.15) is 11.8 Å². The van der Waals surface area contributed by atoms with Gasteiger partial charge in [0.25, 0.3) is 0 Å². The van der Waals surface area contributed by atoms with Crippen molar-refractivity contribution in [3.8, 4) is 11.8 Å². The Morgan fingerprint density at radius 1 is 1.15 bits per heavy atom. The highest BCUT2D eigenvalue weighted by atomic mass is 16.5. The Morgan fingerprint density at radius 2 is 1.85 bits per heavy atom. The number of hydrazone groups is 1. The lowest BCUT2D eigenvalue weighted by molar-refractivity contribution is 0.368. The molecule has 0 unspecified atom stereocenters. The van der Waals surface area contributed by atoms with Crippen LogP contribution in [0.4, 0.5) is 5.69 Å². The third-order valence-electron chi connectivity index (χ3n) is 2.64. The summed E-state index contributed by atoms with van der Waals surface area (Å²) in [5, 5.41) is 12.6. The summed E-state index contributed by atoms with van der Waals surface area (Å²) in [4.78, 5) is 0. The largest absolute Gasteiger partial charge is 0.479 e. The molecule has 2 rings (SSSR count). The van der Waals surface area contributed by atoms with Crippen molar-refractivity contribution >= 4 is 11.9 Å². The molecule has 20 heavy (non-hydrogen) atoms. The number of rotatable bonds is 5. The normalized spacial score (nSPS) is 10.2. The highest BCUT2D eigenvalue weighted by molar-refractivity contribution is 5.80. The van der Waals surface area contributed by atoms with E-state index in [4.69, 9.17) is 10.00 Å². The fourth-order valence-electron chi connectivity index (χ4n) is 1.58. The average Bonchev–Trinajstić information content (AvgIpc) is 2.48. The van der Waals surface area contributed by atoms with Crippen molar-refractivity contribution in [1.82, 2.24) is 0 Å². The first-order valence-corrected chi connectivity index (χ1v) is 6.23. The van der Waals surface area contributed by atoms with Gasteiger partial charge in [0.2, 0.25) is 0 Å². The molecule has 0 saturated heterocycles. The Hall–Kier alpha value is -2.80. The number of nitrogens with zero attached hydrogens (tertiary/aromatic N) is 2. The minimum absolute atomic E-state index is 0.0580. The second-order valence-electron chi connectivity index (χ2n) is 4.25. The number of aryl methyl sites for hydroxylation is 1. The Morgan fingerprint density at radius 3 is 2.50 bits per heavy atom. The molecule has 0 aliphatic carbocycles. The molecule has 0 aliphatic rings. The van der Waals surface area contributed by atoms with Gasteiger partial charge >= 0.3 is 0 Å². The molecule has 1 N–H and O–H groups in total. The average molecular weight is 265 g/mol. The minimum atomic E-state index is 0.0580. The van der Waals surface area contributed by atoms with Crippen molar-refractivity contribution < 1.29 is 4.74 Å². The smallest absolute Gasteiger partial charge is 0.174 e. The van der Waals surface area contributed by atoms with Gasteiger partial charge in [-0.1, -0.05) is 17.7 Å². The standard InChI is InChI=1S/C16H15N3O/c1-13-2-6-15(7-3-13)19-18-12-14-4-8-16(9-5-14)20-11-10-17/h2-9,12,19H,11H2,1H3/b18-12-. The number of hydrogen-bond donors (Lipinski definition) is 1. The van der Waals surface area contributed by atoms with Crippen LogP contribution in [0.15, 0.2) is 53.6 Å². The molecule has 2 aromatic carbocycles. The van der Waals surface area contributed by atoms with E-state index < -0.39 is 0 Å². The number of benzene rings is 2. The first kappa shape index (κ1) is 13.6. The molecule has 0 fully saturated rings. The fourth-order valence-corrected chi connectivity index (χ4v) is 1.58. The molecule has 0 radical (unpaired) electrons. The molecule has 0 aromatic heterocycles. The topological polar surface area (TPSA) is 57.4 Å². The van der Waals surface area contributed by atoms with E-state index >= 15 is 0 Å². The Kier molecular flexibility index (Phi) is 4.74. The van der Waals surface area contributed by atoms with Crippen LogP contribution >= 0.6 is 0 Å². The lowest BCUT2D eigenvalue weighted by atomic mass is 10.2. The van der Waals surface area contributed by atoms with Crippen molar-refractivity contribution in [2.45, 2.75) is 6.92 Å². The molecular weight excluding hydrogens is 250 g/mol. The van der Waals surface area contributed by atoms with Gasteiger partial charge in [0.15, 0.2) is 6.61 Å². The van der Waals surface area contributed by atoms with Crippen LogP contribution in [0.3, 0.4) is 0 Å². The van der Waals surface area contributed by atoms with E-state index in [0.29, 0.717) is 5.75 Å². The van der Waals surface area contributed by atoms with Crippen LogP contribution in [0, 0.1) is 18.3 Å². The van der Waals surface area contributed by atoms with E-state index in [0.717, 1.165) is 11.3 Å². The Labute approximate surface area is 118 Å². The summed E-state index contributed by atoms with van der Waals surface area (Å²) in [6.45, 7) is 2.10. The summed E-state index contributed by atoms with van der Waals surface area (Å²) in [5.41, 5.74) is 6.08. The van der Waals surface area contributed by atoms with Crippen molar-refractivity contribution in [3.63, 3.8) is 0 Å². The number of hydrogen-bond acceptors (Lipinski definition) is 4. The summed E-state index contributed by atoms with van der Waals surface area (Å²) in [5.74, 6) is 0.676.